The van der Waals surface area contributed by atoms with Gasteiger partial charge in [-0.05, 0) is 32.1 Å². The number of anilines is 3. The maximum atomic E-state index is 10.6. The fourth-order valence-corrected chi connectivity index (χ4v) is 2.32. The Hall–Kier alpha value is -2.12. The summed E-state index contributed by atoms with van der Waals surface area (Å²) < 4.78 is 0. The minimum Gasteiger partial charge on any atom is -0.370 e. The summed E-state index contributed by atoms with van der Waals surface area (Å²) in [5.74, 6) is 1.08. The van der Waals surface area contributed by atoms with E-state index < -0.39 is 0 Å². The molecule has 0 aromatic carbocycles. The average Bonchev–Trinajstić information content (AvgIpc) is 2.47. The minimum absolute atomic E-state index is 0.227. The molecule has 1 fully saturated rings. The standard InChI is InChI=1S/C13H23N7O/c14-10(21)6-2-3-7-16-12-17-11(15)18-13(19-12)20-8-4-1-5-9-20/h1-9H2,(H2,14,21)(H3,15,16,17,18,19). The minimum atomic E-state index is -0.271. The molecule has 116 valence electrons. The Morgan fingerprint density at radius 3 is 2.62 bits per heavy atom. The molecule has 0 unspecified atom stereocenters. The van der Waals surface area contributed by atoms with Crippen LogP contribution in [0.2, 0.25) is 0 Å². The Labute approximate surface area is 124 Å². The number of nitrogens with zero attached hydrogens (tertiary/aromatic N) is 4. The molecule has 8 heteroatoms. The van der Waals surface area contributed by atoms with Crippen molar-refractivity contribution in [3.05, 3.63) is 0 Å². The van der Waals surface area contributed by atoms with Crippen LogP contribution in [0, 0.1) is 0 Å². The van der Waals surface area contributed by atoms with Gasteiger partial charge in [-0.1, -0.05) is 0 Å². The van der Waals surface area contributed by atoms with Crippen molar-refractivity contribution in [3.8, 4) is 0 Å². The van der Waals surface area contributed by atoms with E-state index in [9.17, 15) is 4.79 Å². The van der Waals surface area contributed by atoms with Crippen LogP contribution in [0.5, 0.6) is 0 Å². The van der Waals surface area contributed by atoms with Gasteiger partial charge < -0.3 is 21.7 Å². The van der Waals surface area contributed by atoms with Crippen molar-refractivity contribution in [1.82, 2.24) is 15.0 Å². The number of nitrogen functional groups attached to an aromatic ring is 1. The van der Waals surface area contributed by atoms with Gasteiger partial charge in [0.2, 0.25) is 23.8 Å². The maximum Gasteiger partial charge on any atom is 0.231 e. The van der Waals surface area contributed by atoms with Gasteiger partial charge in [0.25, 0.3) is 0 Å². The predicted molar refractivity (Wildman–Crippen MR) is 81.8 cm³/mol. The lowest BCUT2D eigenvalue weighted by molar-refractivity contribution is -0.118. The van der Waals surface area contributed by atoms with Gasteiger partial charge in [-0.3, -0.25) is 4.79 Å². The van der Waals surface area contributed by atoms with E-state index >= 15 is 0 Å². The highest BCUT2D eigenvalue weighted by Crippen LogP contribution is 2.17. The largest absolute Gasteiger partial charge is 0.370 e. The summed E-state index contributed by atoms with van der Waals surface area (Å²) >= 11 is 0. The van der Waals surface area contributed by atoms with Crippen LogP contribution in [0.1, 0.15) is 38.5 Å². The van der Waals surface area contributed by atoms with Crippen molar-refractivity contribution in [2.75, 3.05) is 35.6 Å². The van der Waals surface area contributed by atoms with E-state index in [1.54, 1.807) is 0 Å². The van der Waals surface area contributed by atoms with Crippen molar-refractivity contribution in [1.29, 1.82) is 0 Å². The van der Waals surface area contributed by atoms with Gasteiger partial charge in [-0.25, -0.2) is 0 Å². The molecule has 0 atom stereocenters. The highest BCUT2D eigenvalue weighted by Gasteiger charge is 2.15. The summed E-state index contributed by atoms with van der Waals surface area (Å²) in [4.78, 5) is 25.5. The lowest BCUT2D eigenvalue weighted by atomic mass is 10.1. The first-order valence-electron chi connectivity index (χ1n) is 7.44. The molecule has 2 heterocycles. The quantitative estimate of drug-likeness (QED) is 0.626. The highest BCUT2D eigenvalue weighted by atomic mass is 16.1. The Balaban J connectivity index is 1.87. The fraction of sp³-hybridized carbons (Fsp3) is 0.692. The first-order valence-corrected chi connectivity index (χ1v) is 7.44. The van der Waals surface area contributed by atoms with Crippen LogP contribution in [0.15, 0.2) is 0 Å². The van der Waals surface area contributed by atoms with Gasteiger partial charge in [-0.15, -0.1) is 0 Å². The van der Waals surface area contributed by atoms with E-state index in [-0.39, 0.29) is 11.9 Å². The van der Waals surface area contributed by atoms with Crippen molar-refractivity contribution in [2.24, 2.45) is 5.73 Å². The zero-order valence-electron chi connectivity index (χ0n) is 12.2. The number of carbonyl (C=O) groups is 1. The molecule has 1 amide bonds. The molecular weight excluding hydrogens is 270 g/mol. The number of carbonyl (C=O) groups excluding carboxylic acids is 1. The van der Waals surface area contributed by atoms with E-state index in [4.69, 9.17) is 11.5 Å². The molecule has 1 aliphatic heterocycles. The summed E-state index contributed by atoms with van der Waals surface area (Å²) in [6.07, 6.45) is 5.54. The summed E-state index contributed by atoms with van der Waals surface area (Å²) in [6.45, 7) is 2.60. The molecule has 0 spiro atoms. The van der Waals surface area contributed by atoms with E-state index in [0.29, 0.717) is 24.9 Å². The molecule has 8 nitrogen and oxygen atoms in total. The zero-order valence-corrected chi connectivity index (χ0v) is 12.2. The third-order valence-corrected chi connectivity index (χ3v) is 3.41. The second-order valence-electron chi connectivity index (χ2n) is 5.22. The number of nitrogens with one attached hydrogen (secondary N) is 1. The van der Waals surface area contributed by atoms with Crippen molar-refractivity contribution in [2.45, 2.75) is 38.5 Å². The lowest BCUT2D eigenvalue weighted by Crippen LogP contribution is -2.31. The number of hydrogen-bond donors (Lipinski definition) is 3. The Kier molecular flexibility index (Phi) is 5.53. The van der Waals surface area contributed by atoms with E-state index in [1.165, 1.54) is 6.42 Å². The van der Waals surface area contributed by atoms with Crippen LogP contribution in [-0.4, -0.2) is 40.5 Å². The lowest BCUT2D eigenvalue weighted by Gasteiger charge is -2.26. The molecule has 0 radical (unpaired) electrons. The van der Waals surface area contributed by atoms with Crippen LogP contribution in [0.25, 0.3) is 0 Å². The van der Waals surface area contributed by atoms with Crippen molar-refractivity contribution in [3.63, 3.8) is 0 Å². The van der Waals surface area contributed by atoms with Gasteiger partial charge in [0, 0.05) is 26.1 Å². The molecule has 1 saturated heterocycles. The smallest absolute Gasteiger partial charge is 0.231 e. The number of aromatic nitrogens is 3. The van der Waals surface area contributed by atoms with Gasteiger partial charge in [0.05, 0.1) is 0 Å². The van der Waals surface area contributed by atoms with E-state index in [1.807, 2.05) is 0 Å². The second-order valence-corrected chi connectivity index (χ2v) is 5.22. The van der Waals surface area contributed by atoms with Gasteiger partial charge in [-0.2, -0.15) is 15.0 Å². The zero-order chi connectivity index (χ0) is 15.1. The molecule has 1 aromatic rings. The second kappa shape index (κ2) is 7.61. The summed E-state index contributed by atoms with van der Waals surface area (Å²) in [5, 5.41) is 3.12. The summed E-state index contributed by atoms with van der Waals surface area (Å²) in [5.41, 5.74) is 10.8. The molecule has 0 bridgehead atoms. The van der Waals surface area contributed by atoms with Crippen molar-refractivity contribution < 1.29 is 4.79 Å². The number of rotatable bonds is 7. The first kappa shape index (κ1) is 15.3. The highest BCUT2D eigenvalue weighted by molar-refractivity contribution is 5.73. The molecule has 21 heavy (non-hydrogen) atoms. The van der Waals surface area contributed by atoms with Gasteiger partial charge in [0.1, 0.15) is 0 Å². The van der Waals surface area contributed by atoms with E-state index in [0.717, 1.165) is 38.8 Å². The Morgan fingerprint density at radius 1 is 1.14 bits per heavy atom. The number of primary amides is 1. The third-order valence-electron chi connectivity index (χ3n) is 3.41. The van der Waals surface area contributed by atoms with Crippen molar-refractivity contribution >= 4 is 23.8 Å². The number of nitrogens with two attached hydrogens (primary N) is 2. The first-order chi connectivity index (χ1) is 10.1. The van der Waals surface area contributed by atoms with E-state index in [2.05, 4.69) is 25.2 Å². The number of amides is 1. The molecular formula is C13H23N7O. The number of piperidine rings is 1. The molecule has 5 N–H and O–H groups in total. The SMILES string of the molecule is NC(=O)CCCCNc1nc(N)nc(N2CCCCC2)n1. The number of unbranched alkanes of at least 4 members (excludes halogenated alkanes) is 1. The van der Waals surface area contributed by atoms with Crippen LogP contribution >= 0.6 is 0 Å². The van der Waals surface area contributed by atoms with Crippen LogP contribution in [-0.2, 0) is 4.79 Å². The third kappa shape index (κ3) is 5.05. The van der Waals surface area contributed by atoms with Crippen LogP contribution in [0.3, 0.4) is 0 Å². The Bertz CT molecular complexity index is 474. The monoisotopic (exact) mass is 293 g/mol. The topological polar surface area (TPSA) is 123 Å². The molecule has 2 rings (SSSR count). The molecule has 0 aliphatic carbocycles. The normalized spacial score (nSPS) is 15.0. The summed E-state index contributed by atoms with van der Waals surface area (Å²) in [7, 11) is 0. The molecule has 0 saturated carbocycles. The van der Waals surface area contributed by atoms with Gasteiger partial charge in [0.15, 0.2) is 0 Å². The molecule has 1 aliphatic rings. The van der Waals surface area contributed by atoms with Gasteiger partial charge >= 0.3 is 0 Å². The number of hydrogen-bond acceptors (Lipinski definition) is 7. The summed E-state index contributed by atoms with van der Waals surface area (Å²) in [6, 6.07) is 0. The predicted octanol–water partition coefficient (Wildman–Crippen LogP) is 0.512. The fourth-order valence-electron chi connectivity index (χ4n) is 2.32. The maximum absolute atomic E-state index is 10.6. The molecule has 1 aromatic heterocycles. The average molecular weight is 293 g/mol. The Morgan fingerprint density at radius 2 is 1.90 bits per heavy atom. The van der Waals surface area contributed by atoms with Crippen LogP contribution in [0.4, 0.5) is 17.8 Å². The van der Waals surface area contributed by atoms with Crippen LogP contribution < -0.4 is 21.7 Å².